The van der Waals surface area contributed by atoms with Crippen molar-refractivity contribution in [2.45, 2.75) is 25.8 Å². The van der Waals surface area contributed by atoms with E-state index in [9.17, 15) is 24.3 Å². The first-order valence-corrected chi connectivity index (χ1v) is 8.33. The molecule has 0 aliphatic carbocycles. The van der Waals surface area contributed by atoms with Crippen LogP contribution in [0.3, 0.4) is 0 Å². The average Bonchev–Trinajstić information content (AvgIpc) is 2.87. The number of amides is 2. The van der Waals surface area contributed by atoms with Crippen molar-refractivity contribution in [2.75, 3.05) is 0 Å². The number of carbonyl (C=O) groups is 4. The maximum atomic E-state index is 12.7. The lowest BCUT2D eigenvalue weighted by molar-refractivity contribution is -0.138. The fourth-order valence-electron chi connectivity index (χ4n) is 3.13. The Bertz CT molecular complexity index is 883. The molecule has 1 unspecified atom stereocenters. The second-order valence-electron chi connectivity index (χ2n) is 6.22. The smallest absolute Gasteiger partial charge is 0.308 e. The maximum Gasteiger partial charge on any atom is 0.308 e. The number of imide groups is 1. The summed E-state index contributed by atoms with van der Waals surface area (Å²) in [4.78, 5) is 48.6. The third-order valence-corrected chi connectivity index (χ3v) is 4.26. The van der Waals surface area contributed by atoms with Crippen LogP contribution in [0.25, 0.3) is 0 Å². The highest BCUT2D eigenvalue weighted by Crippen LogP contribution is 2.27. The Morgan fingerprint density at radius 2 is 1.56 bits per heavy atom. The largest absolute Gasteiger partial charge is 0.481 e. The SMILES string of the molecule is CC(=O)Oc1ccc(CC(CC(=O)O)N2C(=O)c3ccccc3C2=O)cc1. The second-order valence-corrected chi connectivity index (χ2v) is 6.22. The van der Waals surface area contributed by atoms with Gasteiger partial charge in [0.05, 0.1) is 23.6 Å². The molecule has 1 heterocycles. The van der Waals surface area contributed by atoms with Crippen LogP contribution in [0.1, 0.15) is 39.6 Å². The molecule has 138 valence electrons. The van der Waals surface area contributed by atoms with Crippen LogP contribution >= 0.6 is 0 Å². The molecule has 0 radical (unpaired) electrons. The van der Waals surface area contributed by atoms with E-state index in [0.29, 0.717) is 11.3 Å². The molecule has 0 saturated heterocycles. The van der Waals surface area contributed by atoms with Crippen molar-refractivity contribution in [1.29, 1.82) is 0 Å². The molecule has 27 heavy (non-hydrogen) atoms. The highest BCUT2D eigenvalue weighted by atomic mass is 16.5. The van der Waals surface area contributed by atoms with Crippen LogP contribution in [0.4, 0.5) is 0 Å². The Morgan fingerprint density at radius 3 is 2.04 bits per heavy atom. The number of carboxylic acids is 1. The highest BCUT2D eigenvalue weighted by molar-refractivity contribution is 6.21. The summed E-state index contributed by atoms with van der Waals surface area (Å²) in [7, 11) is 0. The number of hydrogen-bond acceptors (Lipinski definition) is 5. The van der Waals surface area contributed by atoms with E-state index in [4.69, 9.17) is 4.74 Å². The zero-order valence-electron chi connectivity index (χ0n) is 14.5. The highest BCUT2D eigenvalue weighted by Gasteiger charge is 2.40. The van der Waals surface area contributed by atoms with Crippen LogP contribution < -0.4 is 4.74 Å². The molecule has 1 aliphatic rings. The van der Waals surface area contributed by atoms with Gasteiger partial charge in [0.15, 0.2) is 0 Å². The molecule has 7 nitrogen and oxygen atoms in total. The molecule has 2 aromatic rings. The minimum absolute atomic E-state index is 0.179. The van der Waals surface area contributed by atoms with Crippen molar-refractivity contribution in [3.63, 3.8) is 0 Å². The van der Waals surface area contributed by atoms with Gasteiger partial charge in [0, 0.05) is 6.92 Å². The van der Waals surface area contributed by atoms with E-state index >= 15 is 0 Å². The van der Waals surface area contributed by atoms with Gasteiger partial charge in [0.2, 0.25) is 0 Å². The molecule has 1 aliphatic heterocycles. The number of fused-ring (bicyclic) bond motifs is 1. The average molecular weight is 367 g/mol. The zero-order chi connectivity index (χ0) is 19.6. The Hall–Kier alpha value is -3.48. The molecule has 2 aromatic carbocycles. The molecule has 1 N–H and O–H groups in total. The van der Waals surface area contributed by atoms with E-state index in [0.717, 1.165) is 4.90 Å². The van der Waals surface area contributed by atoms with Crippen LogP contribution in [0.5, 0.6) is 5.75 Å². The molecular formula is C20H17NO6. The first kappa shape index (κ1) is 18.3. The van der Waals surface area contributed by atoms with Crippen molar-refractivity contribution in [1.82, 2.24) is 4.90 Å². The van der Waals surface area contributed by atoms with Gasteiger partial charge in [-0.3, -0.25) is 24.1 Å². The van der Waals surface area contributed by atoms with E-state index in [-0.39, 0.29) is 24.0 Å². The zero-order valence-corrected chi connectivity index (χ0v) is 14.5. The van der Waals surface area contributed by atoms with Gasteiger partial charge in [-0.15, -0.1) is 0 Å². The Kier molecular flexibility index (Phi) is 5.03. The van der Waals surface area contributed by atoms with Gasteiger partial charge in [-0.1, -0.05) is 24.3 Å². The van der Waals surface area contributed by atoms with E-state index in [1.165, 1.54) is 6.92 Å². The van der Waals surface area contributed by atoms with Crippen LogP contribution in [0.2, 0.25) is 0 Å². The van der Waals surface area contributed by atoms with Crippen LogP contribution in [-0.2, 0) is 16.0 Å². The molecule has 0 saturated carbocycles. The maximum absolute atomic E-state index is 12.7. The fraction of sp³-hybridized carbons (Fsp3) is 0.200. The van der Waals surface area contributed by atoms with Gasteiger partial charge >= 0.3 is 11.9 Å². The number of hydrogen-bond donors (Lipinski definition) is 1. The van der Waals surface area contributed by atoms with Gasteiger partial charge in [0.25, 0.3) is 11.8 Å². The molecule has 0 bridgehead atoms. The van der Waals surface area contributed by atoms with Crippen molar-refractivity contribution in [3.05, 3.63) is 65.2 Å². The van der Waals surface area contributed by atoms with Crippen LogP contribution in [0.15, 0.2) is 48.5 Å². The third-order valence-electron chi connectivity index (χ3n) is 4.26. The number of rotatable bonds is 6. The van der Waals surface area contributed by atoms with Gasteiger partial charge in [-0.2, -0.15) is 0 Å². The quantitative estimate of drug-likeness (QED) is 0.478. The molecule has 0 aromatic heterocycles. The van der Waals surface area contributed by atoms with Crippen molar-refractivity contribution >= 4 is 23.8 Å². The van der Waals surface area contributed by atoms with E-state index in [1.54, 1.807) is 48.5 Å². The Labute approximate surface area is 155 Å². The number of benzene rings is 2. The topological polar surface area (TPSA) is 101 Å². The number of nitrogens with zero attached hydrogens (tertiary/aromatic N) is 1. The Balaban J connectivity index is 1.85. The number of carboxylic acid groups (broad SMARTS) is 1. The summed E-state index contributed by atoms with van der Waals surface area (Å²) in [6.07, 6.45) is -0.185. The molecule has 7 heteroatoms. The van der Waals surface area contributed by atoms with Crippen molar-refractivity contribution in [2.24, 2.45) is 0 Å². The molecule has 1 atom stereocenters. The standard InChI is InChI=1S/C20H17NO6/c1-12(22)27-15-8-6-13(7-9-15)10-14(11-18(23)24)21-19(25)16-4-2-3-5-17(16)20(21)26/h2-9,14H,10-11H2,1H3,(H,23,24). The van der Waals surface area contributed by atoms with Gasteiger partial charge in [-0.05, 0) is 36.2 Å². The number of aliphatic carboxylic acids is 1. The minimum Gasteiger partial charge on any atom is -0.481 e. The first-order valence-electron chi connectivity index (χ1n) is 8.33. The summed E-state index contributed by atoms with van der Waals surface area (Å²) in [6.45, 7) is 1.29. The summed E-state index contributed by atoms with van der Waals surface area (Å²) in [5.74, 6) is -2.16. The van der Waals surface area contributed by atoms with E-state index in [2.05, 4.69) is 0 Å². The predicted molar refractivity (Wildman–Crippen MR) is 94.4 cm³/mol. The van der Waals surface area contributed by atoms with Crippen LogP contribution in [0, 0.1) is 0 Å². The minimum atomic E-state index is -1.10. The Morgan fingerprint density at radius 1 is 1.00 bits per heavy atom. The monoisotopic (exact) mass is 367 g/mol. The van der Waals surface area contributed by atoms with E-state index in [1.807, 2.05) is 0 Å². The van der Waals surface area contributed by atoms with Crippen molar-refractivity contribution in [3.8, 4) is 5.75 Å². The third kappa shape index (κ3) is 3.87. The van der Waals surface area contributed by atoms with Gasteiger partial charge in [-0.25, -0.2) is 0 Å². The summed E-state index contributed by atoms with van der Waals surface area (Å²) < 4.78 is 4.96. The summed E-state index contributed by atoms with van der Waals surface area (Å²) in [5.41, 5.74) is 1.28. The van der Waals surface area contributed by atoms with Gasteiger partial charge < -0.3 is 9.84 Å². The van der Waals surface area contributed by atoms with Crippen molar-refractivity contribution < 1.29 is 29.0 Å². The number of ether oxygens (including phenoxy) is 1. The lowest BCUT2D eigenvalue weighted by atomic mass is 10.0. The molecular weight excluding hydrogens is 350 g/mol. The molecule has 0 spiro atoms. The first-order chi connectivity index (χ1) is 12.9. The van der Waals surface area contributed by atoms with Gasteiger partial charge in [0.1, 0.15) is 5.75 Å². The van der Waals surface area contributed by atoms with Crippen LogP contribution in [-0.4, -0.2) is 39.8 Å². The molecule has 0 fully saturated rings. The molecule has 3 rings (SSSR count). The number of esters is 1. The summed E-state index contributed by atoms with van der Waals surface area (Å²) >= 11 is 0. The summed E-state index contributed by atoms with van der Waals surface area (Å²) in [5, 5.41) is 9.25. The summed E-state index contributed by atoms with van der Waals surface area (Å²) in [6, 6.07) is 12.1. The predicted octanol–water partition coefficient (Wildman–Crippen LogP) is 2.29. The lowest BCUT2D eigenvalue weighted by Gasteiger charge is -2.25. The molecule has 2 amide bonds. The number of carbonyl (C=O) groups excluding carboxylic acids is 3. The second kappa shape index (κ2) is 7.41. The lowest BCUT2D eigenvalue weighted by Crippen LogP contribution is -2.42. The normalized spacial score (nSPS) is 14.0. The van der Waals surface area contributed by atoms with E-state index < -0.39 is 29.8 Å². The fourth-order valence-corrected chi connectivity index (χ4v) is 3.13.